The van der Waals surface area contributed by atoms with Gasteiger partial charge in [0.1, 0.15) is 16.7 Å². The van der Waals surface area contributed by atoms with Gasteiger partial charge in [-0.3, -0.25) is 0 Å². The van der Waals surface area contributed by atoms with Crippen molar-refractivity contribution in [3.8, 4) is 5.88 Å². The number of anilines is 1. The number of aromatic nitrogens is 3. The maximum atomic E-state index is 14.3. The number of rotatable bonds is 3. The third kappa shape index (κ3) is 2.37. The molecule has 1 N–H and O–H groups in total. The lowest BCUT2D eigenvalue weighted by Crippen LogP contribution is -2.51. The molecule has 2 aromatic rings. The molecule has 0 aromatic carbocycles. The van der Waals surface area contributed by atoms with Crippen molar-refractivity contribution in [1.29, 1.82) is 0 Å². The van der Waals surface area contributed by atoms with E-state index < -0.39 is 11.9 Å². The van der Waals surface area contributed by atoms with E-state index in [2.05, 4.69) is 15.0 Å². The van der Waals surface area contributed by atoms with Crippen molar-refractivity contribution in [2.75, 3.05) is 31.4 Å². The Balaban J connectivity index is 2.31. The molecular formula is C12H12ClFN4O2S. The molecule has 9 heteroatoms. The number of aliphatic hydroxyl groups excluding tert-OH is 1. The summed E-state index contributed by atoms with van der Waals surface area (Å²) in [5.41, 5.74) is 0.0718. The minimum absolute atomic E-state index is 0.0718. The molecule has 112 valence electrons. The number of pyridine rings is 1. The molecule has 1 aliphatic rings. The minimum atomic E-state index is -0.701. The highest BCUT2D eigenvalue weighted by Crippen LogP contribution is 2.37. The molecular weight excluding hydrogens is 319 g/mol. The molecule has 0 radical (unpaired) electrons. The summed E-state index contributed by atoms with van der Waals surface area (Å²) in [6.07, 6.45) is 1.39. The Labute approximate surface area is 129 Å². The van der Waals surface area contributed by atoms with Gasteiger partial charge in [0.2, 0.25) is 5.88 Å². The van der Waals surface area contributed by atoms with Crippen LogP contribution >= 0.6 is 23.4 Å². The standard InChI is InChI=1S/C12H12ClFN4O2S/c1-20-11-6-8(7(14)9(13)16-11)15-12(21-2)17-10(6)18-3-5(19)4-18/h5,19H,3-4H2,1-2H3. The zero-order chi connectivity index (χ0) is 15.1. The first-order valence-corrected chi connectivity index (χ1v) is 7.73. The van der Waals surface area contributed by atoms with Crippen molar-refractivity contribution in [2.45, 2.75) is 11.3 Å². The summed E-state index contributed by atoms with van der Waals surface area (Å²) in [6.45, 7) is 0.848. The SMILES string of the molecule is COc1nc(Cl)c(F)c2nc(SC)nc(N3CC(O)C3)c12. The Morgan fingerprint density at radius 1 is 1.38 bits per heavy atom. The normalized spacial score (nSPS) is 15.4. The average molecular weight is 331 g/mol. The Hall–Kier alpha value is -1.38. The highest BCUT2D eigenvalue weighted by atomic mass is 35.5. The van der Waals surface area contributed by atoms with E-state index in [0.717, 1.165) is 0 Å². The van der Waals surface area contributed by atoms with Crippen LogP contribution in [0.1, 0.15) is 0 Å². The lowest BCUT2D eigenvalue weighted by molar-refractivity contribution is 0.141. The summed E-state index contributed by atoms with van der Waals surface area (Å²) < 4.78 is 19.4. The largest absolute Gasteiger partial charge is 0.480 e. The Morgan fingerprint density at radius 3 is 2.67 bits per heavy atom. The molecule has 0 aliphatic carbocycles. The van der Waals surface area contributed by atoms with Crippen LogP contribution in [0.2, 0.25) is 5.15 Å². The van der Waals surface area contributed by atoms with E-state index in [1.54, 1.807) is 6.26 Å². The molecule has 6 nitrogen and oxygen atoms in total. The lowest BCUT2D eigenvalue weighted by atomic mass is 10.1. The minimum Gasteiger partial charge on any atom is -0.480 e. The van der Waals surface area contributed by atoms with Gasteiger partial charge in [-0.05, 0) is 6.26 Å². The second-order valence-electron chi connectivity index (χ2n) is 4.54. The zero-order valence-corrected chi connectivity index (χ0v) is 12.9. The number of ether oxygens (including phenoxy) is 1. The highest BCUT2D eigenvalue weighted by molar-refractivity contribution is 7.98. The van der Waals surface area contributed by atoms with Crippen LogP contribution in [0.5, 0.6) is 5.88 Å². The number of nitrogens with zero attached hydrogens (tertiary/aromatic N) is 4. The van der Waals surface area contributed by atoms with Gasteiger partial charge in [-0.15, -0.1) is 0 Å². The fraction of sp³-hybridized carbons (Fsp3) is 0.417. The fourth-order valence-corrected chi connectivity index (χ4v) is 2.70. The third-order valence-corrected chi connectivity index (χ3v) is 4.01. The lowest BCUT2D eigenvalue weighted by Gasteiger charge is -2.37. The number of fused-ring (bicyclic) bond motifs is 1. The van der Waals surface area contributed by atoms with Crippen LogP contribution in [-0.2, 0) is 0 Å². The molecule has 0 atom stereocenters. The van der Waals surface area contributed by atoms with Crippen molar-refractivity contribution >= 4 is 40.1 Å². The maximum Gasteiger partial charge on any atom is 0.228 e. The average Bonchev–Trinajstić information content (AvgIpc) is 2.46. The Morgan fingerprint density at radius 2 is 2.10 bits per heavy atom. The molecule has 0 amide bonds. The molecule has 3 rings (SSSR count). The zero-order valence-electron chi connectivity index (χ0n) is 11.3. The molecule has 0 spiro atoms. The van der Waals surface area contributed by atoms with E-state index in [0.29, 0.717) is 29.5 Å². The van der Waals surface area contributed by atoms with Crippen LogP contribution in [-0.4, -0.2) is 52.6 Å². The first kappa shape index (κ1) is 14.6. The maximum absolute atomic E-state index is 14.3. The molecule has 2 aromatic heterocycles. The van der Waals surface area contributed by atoms with Crippen molar-refractivity contribution in [3.63, 3.8) is 0 Å². The summed E-state index contributed by atoms with van der Waals surface area (Å²) in [6, 6.07) is 0. The van der Waals surface area contributed by atoms with Crippen LogP contribution in [0.3, 0.4) is 0 Å². The summed E-state index contributed by atoms with van der Waals surface area (Å²) >= 11 is 7.08. The topological polar surface area (TPSA) is 71.4 Å². The number of hydrogen-bond donors (Lipinski definition) is 1. The van der Waals surface area contributed by atoms with Gasteiger partial charge in [-0.1, -0.05) is 23.4 Å². The number of methoxy groups -OCH3 is 1. The van der Waals surface area contributed by atoms with Crippen molar-refractivity contribution < 1.29 is 14.2 Å². The van der Waals surface area contributed by atoms with Gasteiger partial charge >= 0.3 is 0 Å². The smallest absolute Gasteiger partial charge is 0.228 e. The quantitative estimate of drug-likeness (QED) is 0.522. The van der Waals surface area contributed by atoms with Crippen molar-refractivity contribution in [2.24, 2.45) is 0 Å². The third-order valence-electron chi connectivity index (χ3n) is 3.21. The van der Waals surface area contributed by atoms with Gasteiger partial charge in [-0.25, -0.2) is 14.4 Å². The van der Waals surface area contributed by atoms with Crippen LogP contribution in [0.25, 0.3) is 10.9 Å². The molecule has 0 unspecified atom stereocenters. The summed E-state index contributed by atoms with van der Waals surface area (Å²) in [4.78, 5) is 14.3. The molecule has 1 aliphatic heterocycles. The van der Waals surface area contributed by atoms with Crippen molar-refractivity contribution in [1.82, 2.24) is 15.0 Å². The van der Waals surface area contributed by atoms with Crippen LogP contribution in [0.4, 0.5) is 10.2 Å². The van der Waals surface area contributed by atoms with Crippen LogP contribution in [0.15, 0.2) is 5.16 Å². The summed E-state index contributed by atoms with van der Waals surface area (Å²) in [7, 11) is 1.42. The number of aliphatic hydroxyl groups is 1. The number of halogens is 2. The van der Waals surface area contributed by atoms with Gasteiger partial charge in [0.05, 0.1) is 13.2 Å². The Kier molecular flexibility index (Phi) is 3.76. The first-order chi connectivity index (χ1) is 10.0. The van der Waals surface area contributed by atoms with Crippen LogP contribution < -0.4 is 9.64 Å². The summed E-state index contributed by atoms with van der Waals surface area (Å²) in [5.74, 6) is -0.0394. The fourth-order valence-electron chi connectivity index (χ4n) is 2.17. The Bertz CT molecular complexity index is 711. The van der Waals surface area contributed by atoms with Crippen molar-refractivity contribution in [3.05, 3.63) is 11.0 Å². The summed E-state index contributed by atoms with van der Waals surface area (Å²) in [5, 5.41) is 9.96. The monoisotopic (exact) mass is 330 g/mol. The van der Waals surface area contributed by atoms with Gasteiger partial charge in [0, 0.05) is 13.1 Å². The van der Waals surface area contributed by atoms with E-state index in [1.807, 2.05) is 4.90 Å². The van der Waals surface area contributed by atoms with E-state index in [9.17, 15) is 9.50 Å². The molecule has 21 heavy (non-hydrogen) atoms. The molecule has 3 heterocycles. The van der Waals surface area contributed by atoms with Crippen LogP contribution in [0, 0.1) is 5.82 Å². The highest BCUT2D eigenvalue weighted by Gasteiger charge is 2.30. The molecule has 0 bridgehead atoms. The predicted molar refractivity (Wildman–Crippen MR) is 78.9 cm³/mol. The van der Waals surface area contributed by atoms with Gasteiger partial charge in [-0.2, -0.15) is 4.98 Å². The molecule has 0 saturated carbocycles. The van der Waals surface area contributed by atoms with Gasteiger partial charge in [0.25, 0.3) is 0 Å². The molecule has 1 fully saturated rings. The molecule has 1 saturated heterocycles. The van der Waals surface area contributed by atoms with E-state index in [-0.39, 0.29) is 16.5 Å². The van der Waals surface area contributed by atoms with E-state index >= 15 is 0 Å². The predicted octanol–water partition coefficient (Wildman–Crippen LogP) is 1.73. The van der Waals surface area contributed by atoms with E-state index in [4.69, 9.17) is 16.3 Å². The second-order valence-corrected chi connectivity index (χ2v) is 5.67. The first-order valence-electron chi connectivity index (χ1n) is 6.13. The number of hydrogen-bond acceptors (Lipinski definition) is 7. The number of β-amino-alcohol motifs (C(OH)–C–C–N with tert-alkyl or cyclic N) is 1. The second kappa shape index (κ2) is 5.43. The van der Waals surface area contributed by atoms with Gasteiger partial charge in [0.15, 0.2) is 16.1 Å². The van der Waals surface area contributed by atoms with Gasteiger partial charge < -0.3 is 14.7 Å². The van der Waals surface area contributed by atoms with E-state index in [1.165, 1.54) is 18.9 Å². The number of thioether (sulfide) groups is 1.